The first kappa shape index (κ1) is 14.2. The van der Waals surface area contributed by atoms with Gasteiger partial charge in [-0.3, -0.25) is 4.79 Å². The Kier molecular flexibility index (Phi) is 3.40. The van der Waals surface area contributed by atoms with Crippen LogP contribution in [0.25, 0.3) is 10.9 Å². The third kappa shape index (κ3) is 2.05. The van der Waals surface area contributed by atoms with Gasteiger partial charge < -0.3 is 14.0 Å². The van der Waals surface area contributed by atoms with E-state index in [0.717, 1.165) is 6.07 Å². The van der Waals surface area contributed by atoms with Crippen LogP contribution in [0.5, 0.6) is 5.75 Å². The average Bonchev–Trinajstić information content (AvgIpc) is 2.52. The van der Waals surface area contributed by atoms with Crippen molar-refractivity contribution in [2.75, 3.05) is 13.2 Å². The number of ether oxygens (including phenoxy) is 2. The van der Waals surface area contributed by atoms with Crippen molar-refractivity contribution in [3.05, 3.63) is 52.3 Å². The number of rotatable bonds is 3. The first-order valence-corrected chi connectivity index (χ1v) is 6.50. The quantitative estimate of drug-likeness (QED) is 0.643. The van der Waals surface area contributed by atoms with Gasteiger partial charge in [-0.2, -0.15) is 4.39 Å². The van der Waals surface area contributed by atoms with Crippen molar-refractivity contribution < 1.29 is 23.0 Å². The van der Waals surface area contributed by atoms with E-state index in [-0.39, 0.29) is 35.4 Å². The molecule has 0 unspecified atom stereocenters. The molecule has 0 atom stereocenters. The number of carbonyl (C=O) groups is 1. The number of esters is 1. The van der Waals surface area contributed by atoms with Crippen LogP contribution in [0.15, 0.2) is 29.7 Å². The Bertz CT molecular complexity index is 857. The number of hydrogen-bond donors (Lipinski definition) is 0. The van der Waals surface area contributed by atoms with Crippen LogP contribution in [0, 0.1) is 11.6 Å². The lowest BCUT2D eigenvalue weighted by atomic mass is 10.1. The topological polar surface area (TPSA) is 57.5 Å². The lowest BCUT2D eigenvalue weighted by Gasteiger charge is -2.21. The van der Waals surface area contributed by atoms with Crippen molar-refractivity contribution in [1.29, 1.82) is 0 Å². The molecule has 0 aliphatic carbocycles. The predicted octanol–water partition coefficient (Wildman–Crippen LogP) is 2.01. The lowest BCUT2D eigenvalue weighted by molar-refractivity contribution is 0.0547. The van der Waals surface area contributed by atoms with Crippen molar-refractivity contribution in [3.63, 3.8) is 0 Å². The van der Waals surface area contributed by atoms with Crippen molar-refractivity contribution in [2.45, 2.75) is 6.54 Å². The van der Waals surface area contributed by atoms with Gasteiger partial charge in [-0.1, -0.05) is 12.7 Å². The number of halogens is 2. The van der Waals surface area contributed by atoms with E-state index in [1.165, 1.54) is 16.8 Å². The summed E-state index contributed by atoms with van der Waals surface area (Å²) >= 11 is 0. The van der Waals surface area contributed by atoms with E-state index in [1.807, 2.05) is 0 Å². The fourth-order valence-electron chi connectivity index (χ4n) is 2.39. The van der Waals surface area contributed by atoms with E-state index in [1.54, 1.807) is 0 Å². The third-order valence-corrected chi connectivity index (χ3v) is 3.34. The minimum absolute atomic E-state index is 0.0531. The number of benzene rings is 1. The second kappa shape index (κ2) is 5.25. The Labute approximate surface area is 123 Å². The molecule has 0 amide bonds. The molecule has 2 aromatic rings. The number of nitrogens with zero attached hydrogens (tertiary/aromatic N) is 1. The molecule has 0 saturated heterocycles. The summed E-state index contributed by atoms with van der Waals surface area (Å²) in [6.45, 7) is 3.76. The van der Waals surface area contributed by atoms with Crippen molar-refractivity contribution >= 4 is 16.9 Å². The Hall–Kier alpha value is -2.70. The molecular formula is C15H11F2NO4. The van der Waals surface area contributed by atoms with Gasteiger partial charge in [0.25, 0.3) is 0 Å². The van der Waals surface area contributed by atoms with Crippen LogP contribution in [0.4, 0.5) is 8.78 Å². The largest absolute Gasteiger partial charge is 0.486 e. The normalized spacial score (nSPS) is 12.8. The third-order valence-electron chi connectivity index (χ3n) is 3.34. The Morgan fingerprint density at radius 2 is 2.27 bits per heavy atom. The summed E-state index contributed by atoms with van der Waals surface area (Å²) in [5, 5.41) is -0.123. The van der Waals surface area contributed by atoms with E-state index in [4.69, 9.17) is 9.47 Å². The summed E-state index contributed by atoms with van der Waals surface area (Å²) < 4.78 is 38.9. The highest BCUT2D eigenvalue weighted by atomic mass is 19.2. The number of aromatic nitrogens is 1. The number of carbonyl (C=O) groups excluding carboxylic acids is 1. The van der Waals surface area contributed by atoms with Crippen LogP contribution in [0.3, 0.4) is 0 Å². The van der Waals surface area contributed by atoms with Gasteiger partial charge in [-0.05, 0) is 6.07 Å². The summed E-state index contributed by atoms with van der Waals surface area (Å²) in [6.07, 6.45) is 2.64. The molecule has 3 rings (SSSR count). The van der Waals surface area contributed by atoms with Gasteiger partial charge in [0.1, 0.15) is 18.8 Å². The van der Waals surface area contributed by atoms with E-state index >= 15 is 0 Å². The Balaban J connectivity index is 2.30. The lowest BCUT2D eigenvalue weighted by Crippen LogP contribution is -2.25. The summed E-state index contributed by atoms with van der Waals surface area (Å²) in [4.78, 5) is 24.3. The molecule has 114 valence electrons. The van der Waals surface area contributed by atoms with Crippen molar-refractivity contribution in [3.8, 4) is 5.75 Å². The van der Waals surface area contributed by atoms with Crippen LogP contribution < -0.4 is 10.2 Å². The maximum Gasteiger partial charge on any atom is 0.343 e. The van der Waals surface area contributed by atoms with Gasteiger partial charge in [0.2, 0.25) is 11.2 Å². The SMILES string of the molecule is C=CCOC(=O)c1cn2c3c(c(F)c(F)cc3c1=O)OCC2. The number of hydrogen-bond acceptors (Lipinski definition) is 4. The van der Waals surface area contributed by atoms with Gasteiger partial charge in [-0.15, -0.1) is 0 Å². The maximum absolute atomic E-state index is 13.8. The van der Waals surface area contributed by atoms with Gasteiger partial charge in [0.15, 0.2) is 11.6 Å². The maximum atomic E-state index is 13.8. The van der Waals surface area contributed by atoms with E-state index in [2.05, 4.69) is 6.58 Å². The smallest absolute Gasteiger partial charge is 0.343 e. The highest BCUT2D eigenvalue weighted by molar-refractivity contribution is 5.95. The fraction of sp³-hybridized carbons (Fsp3) is 0.200. The second-order valence-electron chi connectivity index (χ2n) is 4.70. The van der Waals surface area contributed by atoms with Crippen molar-refractivity contribution in [1.82, 2.24) is 4.57 Å². The molecule has 0 N–H and O–H groups in total. The highest BCUT2D eigenvalue weighted by Gasteiger charge is 2.25. The molecule has 0 fully saturated rings. The van der Waals surface area contributed by atoms with Crippen molar-refractivity contribution in [2.24, 2.45) is 0 Å². The molecule has 22 heavy (non-hydrogen) atoms. The molecular weight excluding hydrogens is 296 g/mol. The molecule has 1 aliphatic heterocycles. The highest BCUT2D eigenvalue weighted by Crippen LogP contribution is 2.32. The number of pyridine rings is 1. The molecule has 5 nitrogen and oxygen atoms in total. The van der Waals surface area contributed by atoms with Crippen LogP contribution in [0.1, 0.15) is 10.4 Å². The standard InChI is InChI=1S/C15H11F2NO4/c1-2-4-22-15(20)9-7-18-3-5-21-14-11(17)10(16)6-8(12(14)18)13(9)19/h2,6-7H,1,3-5H2. The van der Waals surface area contributed by atoms with E-state index < -0.39 is 23.0 Å². The molecule has 2 heterocycles. The van der Waals surface area contributed by atoms with Crippen LogP contribution in [0.2, 0.25) is 0 Å². The van der Waals surface area contributed by atoms with Crippen LogP contribution >= 0.6 is 0 Å². The first-order valence-electron chi connectivity index (χ1n) is 6.50. The molecule has 7 heteroatoms. The average molecular weight is 307 g/mol. The molecule has 1 aromatic carbocycles. The van der Waals surface area contributed by atoms with Gasteiger partial charge in [-0.25, -0.2) is 9.18 Å². The summed E-state index contributed by atoms with van der Waals surface area (Å²) in [5.41, 5.74) is -0.838. The van der Waals surface area contributed by atoms with Crippen LogP contribution in [-0.2, 0) is 11.3 Å². The second-order valence-corrected chi connectivity index (χ2v) is 4.70. The molecule has 0 spiro atoms. The molecule has 1 aliphatic rings. The molecule has 0 bridgehead atoms. The molecule has 1 aromatic heterocycles. The molecule has 0 saturated carbocycles. The minimum atomic E-state index is -1.20. The zero-order chi connectivity index (χ0) is 15.9. The molecule has 0 radical (unpaired) electrons. The Morgan fingerprint density at radius 3 is 3.00 bits per heavy atom. The van der Waals surface area contributed by atoms with E-state index in [0.29, 0.717) is 6.54 Å². The van der Waals surface area contributed by atoms with Gasteiger partial charge in [0, 0.05) is 6.20 Å². The van der Waals surface area contributed by atoms with Gasteiger partial charge >= 0.3 is 5.97 Å². The summed E-state index contributed by atoms with van der Waals surface area (Å²) in [7, 11) is 0. The Morgan fingerprint density at radius 1 is 1.50 bits per heavy atom. The first-order chi connectivity index (χ1) is 10.5. The summed E-state index contributed by atoms with van der Waals surface area (Å²) in [5.74, 6) is -3.51. The zero-order valence-corrected chi connectivity index (χ0v) is 11.4. The van der Waals surface area contributed by atoms with Crippen LogP contribution in [-0.4, -0.2) is 23.8 Å². The minimum Gasteiger partial charge on any atom is -0.486 e. The summed E-state index contributed by atoms with van der Waals surface area (Å²) in [6, 6.07) is 0.770. The van der Waals surface area contributed by atoms with Gasteiger partial charge in [0.05, 0.1) is 17.4 Å². The fourth-order valence-corrected chi connectivity index (χ4v) is 2.39. The monoisotopic (exact) mass is 307 g/mol. The predicted molar refractivity (Wildman–Crippen MR) is 74.1 cm³/mol. The van der Waals surface area contributed by atoms with E-state index in [9.17, 15) is 18.4 Å². The zero-order valence-electron chi connectivity index (χ0n) is 11.4.